The standard InChI is InChI=1S/C33H35N5O3S2/c1-4-14-37-30(36-17-15-35(16-18-36)21-24-8-6-5-7-9-24)27(23(2)28(20-34)31(37)39)19-29-32(40)38(33(42)43-29)22-25-10-12-26(41-3)13-11-25/h5-13,19H,4,14-18,21-22H2,1-3H3/b29-19-. The second-order valence-electron chi connectivity index (χ2n) is 10.7. The van der Waals surface area contributed by atoms with Gasteiger partial charge in [-0.25, -0.2) is 0 Å². The van der Waals surface area contributed by atoms with Crippen LogP contribution in [0, 0.1) is 18.3 Å². The maximum Gasteiger partial charge on any atom is 0.270 e. The van der Waals surface area contributed by atoms with Crippen LogP contribution >= 0.6 is 24.0 Å². The number of pyridine rings is 1. The van der Waals surface area contributed by atoms with E-state index < -0.39 is 0 Å². The molecule has 0 spiro atoms. The van der Waals surface area contributed by atoms with Gasteiger partial charge in [-0.05, 0) is 48.2 Å². The number of aromatic nitrogens is 1. The van der Waals surface area contributed by atoms with E-state index in [-0.39, 0.29) is 17.0 Å². The first kappa shape index (κ1) is 30.5. The lowest BCUT2D eigenvalue weighted by atomic mass is 10.0. The Morgan fingerprint density at radius 2 is 1.67 bits per heavy atom. The molecule has 5 rings (SSSR count). The first-order valence-corrected chi connectivity index (χ1v) is 15.6. The number of amides is 1. The van der Waals surface area contributed by atoms with Gasteiger partial charge in [0.1, 0.15) is 27.5 Å². The lowest BCUT2D eigenvalue weighted by Crippen LogP contribution is -2.48. The fourth-order valence-electron chi connectivity index (χ4n) is 5.56. The first-order valence-electron chi connectivity index (χ1n) is 14.4. The number of rotatable bonds is 9. The number of carbonyl (C=O) groups is 1. The third kappa shape index (κ3) is 6.54. The normalized spacial score (nSPS) is 16.7. The predicted octanol–water partition coefficient (Wildman–Crippen LogP) is 5.17. The highest BCUT2D eigenvalue weighted by Gasteiger charge is 2.34. The molecule has 0 bridgehead atoms. The number of hydrogen-bond donors (Lipinski definition) is 0. The molecule has 1 aromatic heterocycles. The van der Waals surface area contributed by atoms with E-state index in [9.17, 15) is 14.9 Å². The maximum absolute atomic E-state index is 13.7. The summed E-state index contributed by atoms with van der Waals surface area (Å²) in [5.74, 6) is 1.33. The zero-order valence-electron chi connectivity index (χ0n) is 24.7. The highest BCUT2D eigenvalue weighted by Crippen LogP contribution is 2.37. The van der Waals surface area contributed by atoms with Gasteiger partial charge in [-0.15, -0.1) is 0 Å². The average molecular weight is 614 g/mol. The van der Waals surface area contributed by atoms with Crippen molar-refractivity contribution >= 4 is 46.1 Å². The molecule has 222 valence electrons. The molecule has 10 heteroatoms. The van der Waals surface area contributed by atoms with Crippen molar-refractivity contribution in [2.75, 3.05) is 38.2 Å². The van der Waals surface area contributed by atoms with Crippen molar-refractivity contribution in [3.63, 3.8) is 0 Å². The van der Waals surface area contributed by atoms with E-state index in [4.69, 9.17) is 17.0 Å². The van der Waals surface area contributed by atoms with Crippen LogP contribution in [0.15, 0.2) is 64.3 Å². The van der Waals surface area contributed by atoms with Crippen LogP contribution in [0.5, 0.6) is 5.75 Å². The Kier molecular flexibility index (Phi) is 9.65. The Morgan fingerprint density at radius 3 is 2.30 bits per heavy atom. The molecule has 2 aliphatic heterocycles. The highest BCUT2D eigenvalue weighted by atomic mass is 32.2. The van der Waals surface area contributed by atoms with Crippen LogP contribution in [0.1, 0.15) is 41.2 Å². The molecule has 0 saturated carbocycles. The Morgan fingerprint density at radius 1 is 1.00 bits per heavy atom. The van der Waals surface area contributed by atoms with Gasteiger partial charge in [0.25, 0.3) is 11.5 Å². The minimum Gasteiger partial charge on any atom is -0.497 e. The highest BCUT2D eigenvalue weighted by molar-refractivity contribution is 8.26. The number of hydrogen-bond acceptors (Lipinski definition) is 8. The number of methoxy groups -OCH3 is 1. The summed E-state index contributed by atoms with van der Waals surface area (Å²) >= 11 is 6.89. The number of anilines is 1. The van der Waals surface area contributed by atoms with Gasteiger partial charge in [0, 0.05) is 44.8 Å². The molecule has 2 aromatic carbocycles. The predicted molar refractivity (Wildman–Crippen MR) is 176 cm³/mol. The third-order valence-corrected chi connectivity index (χ3v) is 9.24. The topological polar surface area (TPSA) is 81.8 Å². The van der Waals surface area contributed by atoms with Crippen molar-refractivity contribution in [2.24, 2.45) is 0 Å². The van der Waals surface area contributed by atoms with Crippen LogP contribution in [0.2, 0.25) is 0 Å². The summed E-state index contributed by atoms with van der Waals surface area (Å²) in [5.41, 5.74) is 3.35. The van der Waals surface area contributed by atoms with E-state index in [1.165, 1.54) is 17.3 Å². The van der Waals surface area contributed by atoms with Crippen LogP contribution in [-0.4, -0.2) is 57.9 Å². The lowest BCUT2D eigenvalue weighted by Gasteiger charge is -2.38. The average Bonchev–Trinajstić information content (AvgIpc) is 3.28. The number of thiocarbonyl (C=S) groups is 1. The lowest BCUT2D eigenvalue weighted by molar-refractivity contribution is -0.122. The summed E-state index contributed by atoms with van der Waals surface area (Å²) < 4.78 is 7.45. The number of piperazine rings is 1. The van der Waals surface area contributed by atoms with Gasteiger partial charge in [-0.3, -0.25) is 24.0 Å². The van der Waals surface area contributed by atoms with Gasteiger partial charge >= 0.3 is 0 Å². The molecule has 3 heterocycles. The molecular formula is C33H35N5O3S2. The molecule has 1 amide bonds. The molecule has 0 N–H and O–H groups in total. The Balaban J connectivity index is 1.48. The quantitative estimate of drug-likeness (QED) is 0.242. The molecule has 2 aliphatic rings. The molecule has 0 radical (unpaired) electrons. The molecule has 2 fully saturated rings. The fraction of sp³-hybridized carbons (Fsp3) is 0.333. The molecule has 0 aliphatic carbocycles. The molecule has 43 heavy (non-hydrogen) atoms. The molecule has 0 atom stereocenters. The van der Waals surface area contributed by atoms with Crippen molar-refractivity contribution in [3.05, 3.63) is 97.7 Å². The van der Waals surface area contributed by atoms with Gasteiger partial charge in [-0.2, -0.15) is 5.26 Å². The summed E-state index contributed by atoms with van der Waals surface area (Å²) in [7, 11) is 1.62. The van der Waals surface area contributed by atoms with Crippen molar-refractivity contribution in [3.8, 4) is 11.8 Å². The van der Waals surface area contributed by atoms with E-state index >= 15 is 0 Å². The minimum absolute atomic E-state index is 0.111. The van der Waals surface area contributed by atoms with Crippen LogP contribution in [0.25, 0.3) is 6.08 Å². The zero-order chi connectivity index (χ0) is 30.5. The molecular weight excluding hydrogens is 579 g/mol. The first-order chi connectivity index (χ1) is 20.8. The fourth-order valence-corrected chi connectivity index (χ4v) is 6.79. The number of nitrogens with zero attached hydrogens (tertiary/aromatic N) is 5. The summed E-state index contributed by atoms with van der Waals surface area (Å²) in [4.78, 5) is 33.9. The van der Waals surface area contributed by atoms with Crippen molar-refractivity contribution < 1.29 is 9.53 Å². The summed E-state index contributed by atoms with van der Waals surface area (Å²) in [6.07, 6.45) is 2.57. The van der Waals surface area contributed by atoms with Crippen molar-refractivity contribution in [1.29, 1.82) is 5.26 Å². The summed E-state index contributed by atoms with van der Waals surface area (Å²) in [5, 5.41) is 9.98. The van der Waals surface area contributed by atoms with Crippen molar-refractivity contribution in [2.45, 2.75) is 39.9 Å². The van der Waals surface area contributed by atoms with E-state index in [1.807, 2.05) is 43.3 Å². The van der Waals surface area contributed by atoms with Gasteiger partial charge in [-0.1, -0.05) is 73.4 Å². The van der Waals surface area contributed by atoms with Gasteiger partial charge in [0.15, 0.2) is 0 Å². The van der Waals surface area contributed by atoms with E-state index in [1.54, 1.807) is 23.5 Å². The SMILES string of the molecule is CCCn1c(N2CCN(Cc3ccccc3)CC2)c(/C=C2\SC(=S)N(Cc3ccc(OC)cc3)C2=O)c(C)c(C#N)c1=O. The zero-order valence-corrected chi connectivity index (χ0v) is 26.3. The number of nitriles is 1. The smallest absolute Gasteiger partial charge is 0.270 e. The molecule has 8 nitrogen and oxygen atoms in total. The van der Waals surface area contributed by atoms with Gasteiger partial charge in [0.2, 0.25) is 0 Å². The van der Waals surface area contributed by atoms with E-state index in [2.05, 4.69) is 40.1 Å². The molecule has 3 aromatic rings. The molecule has 2 saturated heterocycles. The Bertz CT molecular complexity index is 1640. The maximum atomic E-state index is 13.7. The number of thioether (sulfide) groups is 1. The Hall–Kier alpha value is -3.91. The van der Waals surface area contributed by atoms with Crippen LogP contribution in [0.4, 0.5) is 5.82 Å². The second-order valence-corrected chi connectivity index (χ2v) is 12.3. The largest absolute Gasteiger partial charge is 0.497 e. The third-order valence-electron chi connectivity index (χ3n) is 7.86. The van der Waals surface area contributed by atoms with Gasteiger partial charge in [0.05, 0.1) is 18.6 Å². The molecule has 0 unspecified atom stereocenters. The van der Waals surface area contributed by atoms with E-state index in [0.717, 1.165) is 61.8 Å². The Labute approximate surface area is 262 Å². The van der Waals surface area contributed by atoms with Crippen molar-refractivity contribution in [1.82, 2.24) is 14.4 Å². The van der Waals surface area contributed by atoms with Gasteiger partial charge < -0.3 is 9.64 Å². The summed E-state index contributed by atoms with van der Waals surface area (Å²) in [6, 6.07) is 20.1. The van der Waals surface area contributed by atoms with E-state index in [0.29, 0.717) is 27.9 Å². The second kappa shape index (κ2) is 13.6. The minimum atomic E-state index is -0.284. The van der Waals surface area contributed by atoms with Crippen LogP contribution in [0.3, 0.4) is 0 Å². The summed E-state index contributed by atoms with van der Waals surface area (Å²) in [6.45, 7) is 8.62. The van der Waals surface area contributed by atoms with Crippen LogP contribution < -0.4 is 15.2 Å². The monoisotopic (exact) mass is 613 g/mol. The number of carbonyl (C=O) groups excluding carboxylic acids is 1. The number of ether oxygens (including phenoxy) is 1. The number of benzene rings is 2. The van der Waals surface area contributed by atoms with Crippen LogP contribution in [-0.2, 0) is 24.4 Å².